The third kappa shape index (κ3) is 6.71. The molecular formula is C22H28N2O4S. The molecule has 2 rings (SSSR count). The zero-order valence-electron chi connectivity index (χ0n) is 17.3. The summed E-state index contributed by atoms with van der Waals surface area (Å²) in [4.78, 5) is 24.6. The summed E-state index contributed by atoms with van der Waals surface area (Å²) in [5.41, 5.74) is 2.78. The molecular weight excluding hydrogens is 388 g/mol. The van der Waals surface area contributed by atoms with Crippen LogP contribution in [0.25, 0.3) is 0 Å². The molecule has 6 nitrogen and oxygen atoms in total. The van der Waals surface area contributed by atoms with Gasteiger partial charge in [-0.15, -0.1) is 0 Å². The highest BCUT2D eigenvalue weighted by atomic mass is 32.2. The van der Waals surface area contributed by atoms with Crippen LogP contribution in [0.2, 0.25) is 0 Å². The van der Waals surface area contributed by atoms with Gasteiger partial charge in [0, 0.05) is 24.2 Å². The van der Waals surface area contributed by atoms with Gasteiger partial charge in [0.05, 0.1) is 10.6 Å². The Morgan fingerprint density at radius 2 is 1.66 bits per heavy atom. The van der Waals surface area contributed by atoms with E-state index < -0.39 is 9.84 Å². The molecule has 0 aliphatic heterocycles. The maximum absolute atomic E-state index is 12.4. The lowest BCUT2D eigenvalue weighted by Crippen LogP contribution is -2.27. The summed E-state index contributed by atoms with van der Waals surface area (Å²) < 4.78 is 24.7. The average Bonchev–Trinajstić information content (AvgIpc) is 2.66. The molecule has 0 atom stereocenters. The standard InChI is InChI=1S/C22H28N2O4S/c1-15(2)14-23-22(26)18-7-10-20(17(4)13-18)24-21(25)11-12-29(27,28)19-8-5-16(3)6-9-19/h5-10,13,15H,11-12,14H2,1-4H3,(H,23,26)(H,24,25). The van der Waals surface area contributed by atoms with Crippen LogP contribution in [0, 0.1) is 19.8 Å². The maximum atomic E-state index is 12.4. The number of carbonyl (C=O) groups is 2. The largest absolute Gasteiger partial charge is 0.352 e. The first kappa shape index (κ1) is 22.6. The quantitative estimate of drug-likeness (QED) is 0.689. The molecule has 0 fully saturated rings. The predicted octanol–water partition coefficient (Wildman–Crippen LogP) is 3.49. The molecule has 2 N–H and O–H groups in total. The summed E-state index contributed by atoms with van der Waals surface area (Å²) in [6.45, 7) is 8.29. The Morgan fingerprint density at radius 1 is 1.00 bits per heavy atom. The van der Waals surface area contributed by atoms with E-state index in [2.05, 4.69) is 10.6 Å². The van der Waals surface area contributed by atoms with Gasteiger partial charge in [-0.1, -0.05) is 31.5 Å². The molecule has 0 saturated carbocycles. The fourth-order valence-electron chi connectivity index (χ4n) is 2.65. The van der Waals surface area contributed by atoms with E-state index in [9.17, 15) is 18.0 Å². The van der Waals surface area contributed by atoms with Crippen molar-refractivity contribution in [2.24, 2.45) is 5.92 Å². The molecule has 0 aliphatic carbocycles. The summed E-state index contributed by atoms with van der Waals surface area (Å²) in [7, 11) is -3.52. The van der Waals surface area contributed by atoms with E-state index in [1.54, 1.807) is 49.4 Å². The summed E-state index contributed by atoms with van der Waals surface area (Å²) >= 11 is 0. The van der Waals surface area contributed by atoms with Gasteiger partial charge in [0.15, 0.2) is 9.84 Å². The molecule has 2 aromatic rings. The van der Waals surface area contributed by atoms with Crippen LogP contribution >= 0.6 is 0 Å². The van der Waals surface area contributed by atoms with Crippen molar-refractivity contribution >= 4 is 27.3 Å². The first-order valence-electron chi connectivity index (χ1n) is 9.56. The molecule has 0 unspecified atom stereocenters. The zero-order chi connectivity index (χ0) is 21.6. The van der Waals surface area contributed by atoms with Crippen molar-refractivity contribution in [1.82, 2.24) is 5.32 Å². The lowest BCUT2D eigenvalue weighted by molar-refractivity contribution is -0.115. The first-order valence-corrected chi connectivity index (χ1v) is 11.2. The van der Waals surface area contributed by atoms with Crippen molar-refractivity contribution in [3.63, 3.8) is 0 Å². The second kappa shape index (κ2) is 9.69. The number of benzene rings is 2. The minimum absolute atomic E-state index is 0.147. The average molecular weight is 417 g/mol. The molecule has 29 heavy (non-hydrogen) atoms. The van der Waals surface area contributed by atoms with E-state index in [4.69, 9.17) is 0 Å². The third-order valence-corrected chi connectivity index (χ3v) is 6.14. The van der Waals surface area contributed by atoms with Crippen LogP contribution in [0.3, 0.4) is 0 Å². The van der Waals surface area contributed by atoms with Crippen molar-refractivity contribution in [3.8, 4) is 0 Å². The first-order chi connectivity index (χ1) is 13.6. The highest BCUT2D eigenvalue weighted by molar-refractivity contribution is 7.91. The summed E-state index contributed by atoms with van der Waals surface area (Å²) in [5, 5.41) is 5.57. The van der Waals surface area contributed by atoms with Crippen molar-refractivity contribution in [1.29, 1.82) is 0 Å². The van der Waals surface area contributed by atoms with Crippen LogP contribution in [-0.2, 0) is 14.6 Å². The van der Waals surface area contributed by atoms with E-state index in [0.717, 1.165) is 11.1 Å². The molecule has 0 aliphatic rings. The molecule has 0 aromatic heterocycles. The Hall–Kier alpha value is -2.67. The Labute approximate surface area is 172 Å². The Balaban J connectivity index is 1.96. The van der Waals surface area contributed by atoms with Crippen LogP contribution in [0.5, 0.6) is 0 Å². The van der Waals surface area contributed by atoms with E-state index in [1.165, 1.54) is 0 Å². The SMILES string of the molecule is Cc1ccc(S(=O)(=O)CCC(=O)Nc2ccc(C(=O)NCC(C)C)cc2C)cc1. The lowest BCUT2D eigenvalue weighted by atomic mass is 10.1. The second-order valence-electron chi connectivity index (χ2n) is 7.56. The Bertz CT molecular complexity index is 980. The summed E-state index contributed by atoms with van der Waals surface area (Å²) in [6, 6.07) is 11.6. The van der Waals surface area contributed by atoms with Crippen molar-refractivity contribution < 1.29 is 18.0 Å². The minimum atomic E-state index is -3.52. The van der Waals surface area contributed by atoms with Gasteiger partial charge in [0.25, 0.3) is 5.91 Å². The highest BCUT2D eigenvalue weighted by Gasteiger charge is 2.17. The third-order valence-electron chi connectivity index (χ3n) is 4.41. The smallest absolute Gasteiger partial charge is 0.251 e. The molecule has 2 amide bonds. The molecule has 156 valence electrons. The highest BCUT2D eigenvalue weighted by Crippen LogP contribution is 2.18. The number of amides is 2. The van der Waals surface area contributed by atoms with Crippen LogP contribution in [-0.4, -0.2) is 32.5 Å². The van der Waals surface area contributed by atoms with E-state index in [0.29, 0.717) is 23.7 Å². The van der Waals surface area contributed by atoms with Crippen LogP contribution in [0.4, 0.5) is 5.69 Å². The number of sulfone groups is 1. The van der Waals surface area contributed by atoms with E-state index in [-0.39, 0.29) is 28.9 Å². The number of nitrogens with one attached hydrogen (secondary N) is 2. The van der Waals surface area contributed by atoms with Gasteiger partial charge in [-0.05, 0) is 55.7 Å². The van der Waals surface area contributed by atoms with Gasteiger partial charge in [-0.2, -0.15) is 0 Å². The van der Waals surface area contributed by atoms with Crippen LogP contribution in [0.1, 0.15) is 41.8 Å². The summed E-state index contributed by atoms with van der Waals surface area (Å²) in [6.07, 6.45) is -0.147. The molecule has 7 heteroatoms. The maximum Gasteiger partial charge on any atom is 0.251 e. The fourth-order valence-corrected chi connectivity index (χ4v) is 3.89. The minimum Gasteiger partial charge on any atom is -0.352 e. The number of rotatable bonds is 8. The zero-order valence-corrected chi connectivity index (χ0v) is 18.1. The van der Waals surface area contributed by atoms with E-state index >= 15 is 0 Å². The normalized spacial score (nSPS) is 11.3. The monoisotopic (exact) mass is 416 g/mol. The number of anilines is 1. The molecule has 0 bridgehead atoms. The number of carbonyl (C=O) groups excluding carboxylic acids is 2. The van der Waals surface area contributed by atoms with Gasteiger partial charge in [0.1, 0.15) is 0 Å². The van der Waals surface area contributed by atoms with Gasteiger partial charge < -0.3 is 10.6 Å². The van der Waals surface area contributed by atoms with Gasteiger partial charge in [0.2, 0.25) is 5.91 Å². The topological polar surface area (TPSA) is 92.3 Å². The van der Waals surface area contributed by atoms with Gasteiger partial charge in [-0.3, -0.25) is 9.59 Å². The molecule has 0 radical (unpaired) electrons. The van der Waals surface area contributed by atoms with E-state index in [1.807, 2.05) is 20.8 Å². The van der Waals surface area contributed by atoms with Crippen LogP contribution in [0.15, 0.2) is 47.4 Å². The lowest BCUT2D eigenvalue weighted by Gasteiger charge is -2.12. The molecule has 0 heterocycles. The summed E-state index contributed by atoms with van der Waals surface area (Å²) in [5.74, 6) is -0.462. The number of hydrogen-bond donors (Lipinski definition) is 2. The predicted molar refractivity (Wildman–Crippen MR) is 115 cm³/mol. The molecule has 0 spiro atoms. The number of aryl methyl sites for hydroxylation is 2. The molecule has 2 aromatic carbocycles. The van der Waals surface area contributed by atoms with Gasteiger partial charge >= 0.3 is 0 Å². The Kier molecular flexibility index (Phi) is 7.56. The van der Waals surface area contributed by atoms with Crippen molar-refractivity contribution in [2.45, 2.75) is 39.0 Å². The Morgan fingerprint density at radius 3 is 2.24 bits per heavy atom. The van der Waals surface area contributed by atoms with Gasteiger partial charge in [-0.25, -0.2) is 8.42 Å². The van der Waals surface area contributed by atoms with Crippen LogP contribution < -0.4 is 10.6 Å². The fraction of sp³-hybridized carbons (Fsp3) is 0.364. The number of hydrogen-bond acceptors (Lipinski definition) is 4. The second-order valence-corrected chi connectivity index (χ2v) is 9.67. The molecule has 0 saturated heterocycles. The van der Waals surface area contributed by atoms with Crippen molar-refractivity contribution in [2.75, 3.05) is 17.6 Å². The van der Waals surface area contributed by atoms with Crippen molar-refractivity contribution in [3.05, 3.63) is 59.2 Å².